The third-order valence-electron chi connectivity index (χ3n) is 3.54. The lowest BCUT2D eigenvalue weighted by atomic mass is 9.86. The average Bonchev–Trinajstić information content (AvgIpc) is 2.97. The summed E-state index contributed by atoms with van der Waals surface area (Å²) >= 11 is 0. The normalized spacial score (nSPS) is 31.5. The van der Waals surface area contributed by atoms with Gasteiger partial charge in [-0.3, -0.25) is 10.1 Å². The van der Waals surface area contributed by atoms with Gasteiger partial charge in [0.15, 0.2) is 0 Å². The van der Waals surface area contributed by atoms with Crippen molar-refractivity contribution >= 4 is 5.97 Å². The minimum atomic E-state index is -0.327. The van der Waals surface area contributed by atoms with Gasteiger partial charge >= 0.3 is 5.97 Å². The molecule has 3 heterocycles. The Morgan fingerprint density at radius 1 is 1.71 bits per heavy atom. The van der Waals surface area contributed by atoms with Gasteiger partial charge in [-0.2, -0.15) is 0 Å². The van der Waals surface area contributed by atoms with Crippen LogP contribution >= 0.6 is 0 Å². The molecule has 2 aliphatic rings. The fraction of sp³-hybridized carbons (Fsp3) is 0.636. The molecule has 92 valence electrons. The summed E-state index contributed by atoms with van der Waals surface area (Å²) in [5, 5.41) is 3.34. The summed E-state index contributed by atoms with van der Waals surface area (Å²) in [7, 11) is 1.41. The van der Waals surface area contributed by atoms with Gasteiger partial charge in [-0.1, -0.05) is 0 Å². The second-order valence-corrected chi connectivity index (χ2v) is 4.54. The molecule has 0 saturated carbocycles. The van der Waals surface area contributed by atoms with Crippen LogP contribution in [-0.2, 0) is 26.2 Å². The first-order valence-electron chi connectivity index (χ1n) is 5.71. The second kappa shape index (κ2) is 3.82. The highest BCUT2D eigenvalue weighted by Crippen LogP contribution is 2.35. The van der Waals surface area contributed by atoms with Gasteiger partial charge in [-0.15, -0.1) is 0 Å². The molecule has 1 fully saturated rings. The first kappa shape index (κ1) is 10.7. The highest BCUT2D eigenvalue weighted by atomic mass is 16.5. The highest BCUT2D eigenvalue weighted by molar-refractivity contribution is 5.76. The van der Waals surface area contributed by atoms with Crippen molar-refractivity contribution in [3.05, 3.63) is 17.7 Å². The smallest absolute Gasteiger partial charge is 0.323 e. The van der Waals surface area contributed by atoms with Gasteiger partial charge in [-0.25, -0.2) is 4.98 Å². The molecular formula is C11H15N3O3. The number of esters is 1. The Kier molecular flexibility index (Phi) is 2.41. The highest BCUT2D eigenvalue weighted by Gasteiger charge is 2.46. The van der Waals surface area contributed by atoms with Gasteiger partial charge in [0, 0.05) is 18.7 Å². The maximum Gasteiger partial charge on any atom is 0.323 e. The number of hydrogen-bond donors (Lipinski definition) is 2. The van der Waals surface area contributed by atoms with E-state index in [2.05, 4.69) is 15.3 Å². The van der Waals surface area contributed by atoms with Crippen LogP contribution in [0.15, 0.2) is 6.33 Å². The third-order valence-corrected chi connectivity index (χ3v) is 3.54. The quantitative estimate of drug-likeness (QED) is 0.657. The van der Waals surface area contributed by atoms with Crippen LogP contribution in [0.25, 0.3) is 0 Å². The fourth-order valence-electron chi connectivity index (χ4n) is 2.70. The molecule has 3 rings (SSSR count). The van der Waals surface area contributed by atoms with E-state index in [-0.39, 0.29) is 17.6 Å². The van der Waals surface area contributed by atoms with Gasteiger partial charge < -0.3 is 14.5 Å². The number of aromatic amines is 1. The van der Waals surface area contributed by atoms with Crippen molar-refractivity contribution in [2.45, 2.75) is 24.4 Å². The number of imidazole rings is 1. The van der Waals surface area contributed by atoms with E-state index >= 15 is 0 Å². The predicted molar refractivity (Wildman–Crippen MR) is 58.3 cm³/mol. The molecule has 0 aromatic carbocycles. The first-order chi connectivity index (χ1) is 8.25. The van der Waals surface area contributed by atoms with Crippen LogP contribution in [0.1, 0.15) is 17.8 Å². The van der Waals surface area contributed by atoms with Crippen molar-refractivity contribution in [2.24, 2.45) is 0 Å². The molecule has 6 nitrogen and oxygen atoms in total. The van der Waals surface area contributed by atoms with E-state index < -0.39 is 0 Å². The molecule has 0 bridgehead atoms. The molecule has 0 radical (unpaired) electrons. The van der Waals surface area contributed by atoms with E-state index in [4.69, 9.17) is 9.47 Å². The monoisotopic (exact) mass is 237 g/mol. The summed E-state index contributed by atoms with van der Waals surface area (Å²) in [4.78, 5) is 19.1. The summed E-state index contributed by atoms with van der Waals surface area (Å²) in [6, 6.07) is -0.324. The van der Waals surface area contributed by atoms with Gasteiger partial charge in [0.05, 0.1) is 31.3 Å². The zero-order valence-corrected chi connectivity index (χ0v) is 9.66. The van der Waals surface area contributed by atoms with Crippen molar-refractivity contribution in [2.75, 3.05) is 20.3 Å². The Balaban J connectivity index is 1.97. The predicted octanol–water partition coefficient (Wildman–Crippen LogP) is -0.287. The van der Waals surface area contributed by atoms with Crippen molar-refractivity contribution in [1.82, 2.24) is 15.3 Å². The Morgan fingerprint density at radius 3 is 3.29 bits per heavy atom. The number of nitrogens with one attached hydrogen (secondary N) is 2. The van der Waals surface area contributed by atoms with Crippen LogP contribution in [0.2, 0.25) is 0 Å². The molecule has 6 heteroatoms. The van der Waals surface area contributed by atoms with Crippen molar-refractivity contribution in [3.8, 4) is 0 Å². The topological polar surface area (TPSA) is 76.2 Å². The number of methoxy groups -OCH3 is 1. The number of carbonyl (C=O) groups excluding carboxylic acids is 1. The molecule has 1 spiro atoms. The average molecular weight is 237 g/mol. The molecule has 2 aliphatic heterocycles. The minimum absolute atomic E-state index is 0.239. The Morgan fingerprint density at radius 2 is 2.59 bits per heavy atom. The summed E-state index contributed by atoms with van der Waals surface area (Å²) in [6.45, 7) is 1.24. The molecule has 1 aromatic heterocycles. The Labute approximate surface area is 98.7 Å². The van der Waals surface area contributed by atoms with E-state index in [9.17, 15) is 4.79 Å². The molecule has 1 saturated heterocycles. The maximum absolute atomic E-state index is 11.7. The summed E-state index contributed by atoms with van der Waals surface area (Å²) < 4.78 is 10.3. The molecule has 0 aliphatic carbocycles. The van der Waals surface area contributed by atoms with Crippen LogP contribution in [0.3, 0.4) is 0 Å². The van der Waals surface area contributed by atoms with Crippen molar-refractivity contribution in [3.63, 3.8) is 0 Å². The van der Waals surface area contributed by atoms with E-state index in [0.29, 0.717) is 19.6 Å². The SMILES string of the molecule is COC(=O)C1Cc2[nH]cnc2C2(CCOC2)N1. The molecular weight excluding hydrogens is 222 g/mol. The summed E-state index contributed by atoms with van der Waals surface area (Å²) in [5.41, 5.74) is 1.66. The third kappa shape index (κ3) is 1.56. The largest absolute Gasteiger partial charge is 0.468 e. The molecule has 2 atom stereocenters. The van der Waals surface area contributed by atoms with Crippen LogP contribution in [0.4, 0.5) is 0 Å². The molecule has 17 heavy (non-hydrogen) atoms. The van der Waals surface area contributed by atoms with E-state index in [1.807, 2.05) is 0 Å². The number of rotatable bonds is 1. The number of hydrogen-bond acceptors (Lipinski definition) is 5. The lowest BCUT2D eigenvalue weighted by Gasteiger charge is -2.36. The molecule has 1 aromatic rings. The molecule has 2 unspecified atom stereocenters. The van der Waals surface area contributed by atoms with E-state index in [0.717, 1.165) is 17.8 Å². The number of ether oxygens (including phenoxy) is 2. The Bertz CT molecular complexity index is 437. The van der Waals surface area contributed by atoms with E-state index in [1.54, 1.807) is 6.33 Å². The summed E-state index contributed by atoms with van der Waals surface area (Å²) in [6.07, 6.45) is 3.09. The van der Waals surface area contributed by atoms with Crippen LogP contribution in [0.5, 0.6) is 0 Å². The number of carbonyl (C=O) groups is 1. The van der Waals surface area contributed by atoms with Crippen LogP contribution < -0.4 is 5.32 Å². The Hall–Kier alpha value is -1.40. The van der Waals surface area contributed by atoms with E-state index in [1.165, 1.54) is 7.11 Å². The standard InChI is InChI=1S/C11H15N3O3/c1-16-10(15)8-4-7-9(13-6-12-7)11(14-8)2-3-17-5-11/h6,8,14H,2-5H2,1H3,(H,12,13). The lowest BCUT2D eigenvalue weighted by Crippen LogP contribution is -2.56. The van der Waals surface area contributed by atoms with Crippen molar-refractivity contribution < 1.29 is 14.3 Å². The maximum atomic E-state index is 11.7. The fourth-order valence-corrected chi connectivity index (χ4v) is 2.70. The van der Waals surface area contributed by atoms with Gasteiger partial charge in [-0.05, 0) is 6.42 Å². The minimum Gasteiger partial charge on any atom is -0.468 e. The number of aromatic nitrogens is 2. The van der Waals surface area contributed by atoms with Gasteiger partial charge in [0.2, 0.25) is 0 Å². The number of nitrogens with zero attached hydrogens (tertiary/aromatic N) is 1. The van der Waals surface area contributed by atoms with Crippen LogP contribution in [0, 0.1) is 0 Å². The first-order valence-corrected chi connectivity index (χ1v) is 5.71. The van der Waals surface area contributed by atoms with Crippen molar-refractivity contribution in [1.29, 1.82) is 0 Å². The van der Waals surface area contributed by atoms with Crippen LogP contribution in [-0.4, -0.2) is 42.3 Å². The second-order valence-electron chi connectivity index (χ2n) is 4.54. The number of H-pyrrole nitrogens is 1. The lowest BCUT2D eigenvalue weighted by molar-refractivity contribution is -0.144. The zero-order chi connectivity index (χ0) is 11.9. The molecule has 0 amide bonds. The zero-order valence-electron chi connectivity index (χ0n) is 9.66. The van der Waals surface area contributed by atoms with Gasteiger partial charge in [0.25, 0.3) is 0 Å². The molecule has 2 N–H and O–H groups in total. The number of fused-ring (bicyclic) bond motifs is 2. The van der Waals surface area contributed by atoms with Gasteiger partial charge in [0.1, 0.15) is 6.04 Å². The summed E-state index contributed by atoms with van der Waals surface area (Å²) in [5.74, 6) is -0.239.